The summed E-state index contributed by atoms with van der Waals surface area (Å²) < 4.78 is 4.83. The van der Waals surface area contributed by atoms with Gasteiger partial charge in [0.15, 0.2) is 6.61 Å². The lowest BCUT2D eigenvalue weighted by Crippen LogP contribution is -2.25. The lowest BCUT2D eigenvalue weighted by molar-refractivity contribution is -0.148. The largest absolute Gasteiger partial charge is 0.456 e. The maximum atomic E-state index is 11.3. The van der Waals surface area contributed by atoms with Crippen LogP contribution < -0.4 is 5.32 Å². The van der Waals surface area contributed by atoms with Crippen LogP contribution >= 0.6 is 0 Å². The summed E-state index contributed by atoms with van der Waals surface area (Å²) in [6, 6.07) is 0. The molecule has 0 aromatic carbocycles. The van der Waals surface area contributed by atoms with Crippen LogP contribution in [0, 0.1) is 5.92 Å². The molecule has 0 heterocycles. The first kappa shape index (κ1) is 14.0. The van der Waals surface area contributed by atoms with Gasteiger partial charge in [-0.05, 0) is 18.8 Å². The van der Waals surface area contributed by atoms with Gasteiger partial charge in [0.05, 0.1) is 0 Å². The molecule has 0 unspecified atom stereocenters. The van der Waals surface area contributed by atoms with Gasteiger partial charge < -0.3 is 10.1 Å². The first-order valence-electron chi connectivity index (χ1n) is 6.58. The Morgan fingerprint density at radius 1 is 1.24 bits per heavy atom. The van der Waals surface area contributed by atoms with Crippen molar-refractivity contribution in [2.75, 3.05) is 13.7 Å². The van der Waals surface area contributed by atoms with Crippen molar-refractivity contribution in [1.82, 2.24) is 5.32 Å². The second-order valence-electron chi connectivity index (χ2n) is 4.73. The zero-order valence-corrected chi connectivity index (χ0v) is 10.7. The minimum atomic E-state index is -0.260. The maximum absolute atomic E-state index is 11.3. The van der Waals surface area contributed by atoms with Crippen molar-refractivity contribution in [3.05, 3.63) is 0 Å². The number of likely N-dealkylation sites (N-methyl/N-ethyl adjacent to an activating group) is 1. The minimum absolute atomic E-state index is 0.154. The number of carbonyl (C=O) groups excluding carboxylic acids is 2. The van der Waals surface area contributed by atoms with Crippen LogP contribution in [0.1, 0.15) is 51.4 Å². The molecule has 4 nitrogen and oxygen atoms in total. The van der Waals surface area contributed by atoms with Crippen LogP contribution in [0.15, 0.2) is 0 Å². The molecule has 1 amide bonds. The lowest BCUT2D eigenvalue weighted by atomic mass is 9.86. The lowest BCUT2D eigenvalue weighted by Gasteiger charge is -2.20. The molecule has 0 bridgehead atoms. The Hall–Kier alpha value is -1.06. The fourth-order valence-electron chi connectivity index (χ4n) is 2.30. The van der Waals surface area contributed by atoms with Gasteiger partial charge in [0, 0.05) is 13.5 Å². The summed E-state index contributed by atoms with van der Waals surface area (Å²) in [7, 11) is 1.53. The molecule has 0 aromatic heterocycles. The van der Waals surface area contributed by atoms with Gasteiger partial charge in [0.2, 0.25) is 0 Å². The molecular weight excluding hydrogens is 218 g/mol. The molecule has 1 N–H and O–H groups in total. The van der Waals surface area contributed by atoms with E-state index in [2.05, 4.69) is 5.32 Å². The van der Waals surface area contributed by atoms with Crippen LogP contribution in [0.2, 0.25) is 0 Å². The molecule has 4 heteroatoms. The van der Waals surface area contributed by atoms with Crippen LogP contribution in [0.4, 0.5) is 0 Å². The average Bonchev–Trinajstić information content (AvgIpc) is 2.37. The van der Waals surface area contributed by atoms with Crippen molar-refractivity contribution in [2.24, 2.45) is 5.92 Å². The smallest absolute Gasteiger partial charge is 0.306 e. The third-order valence-corrected chi connectivity index (χ3v) is 3.36. The number of hydrogen-bond donors (Lipinski definition) is 1. The molecule has 0 aliphatic heterocycles. The quantitative estimate of drug-likeness (QED) is 0.724. The molecule has 0 spiro atoms. The Balaban J connectivity index is 2.01. The Bertz CT molecular complexity index is 247. The molecule has 1 aliphatic carbocycles. The second kappa shape index (κ2) is 8.09. The zero-order chi connectivity index (χ0) is 12.5. The average molecular weight is 241 g/mol. The van der Waals surface area contributed by atoms with Gasteiger partial charge >= 0.3 is 5.97 Å². The highest BCUT2D eigenvalue weighted by Crippen LogP contribution is 2.27. The molecule has 98 valence electrons. The molecule has 0 aromatic rings. The van der Waals surface area contributed by atoms with Gasteiger partial charge in [-0.25, -0.2) is 0 Å². The van der Waals surface area contributed by atoms with E-state index in [0.29, 0.717) is 6.42 Å². The second-order valence-corrected chi connectivity index (χ2v) is 4.73. The van der Waals surface area contributed by atoms with Crippen molar-refractivity contribution in [3.63, 3.8) is 0 Å². The van der Waals surface area contributed by atoms with E-state index in [-0.39, 0.29) is 18.5 Å². The van der Waals surface area contributed by atoms with Crippen LogP contribution in [0.25, 0.3) is 0 Å². The van der Waals surface area contributed by atoms with Crippen molar-refractivity contribution in [3.8, 4) is 0 Å². The number of nitrogens with one attached hydrogen (secondary N) is 1. The van der Waals surface area contributed by atoms with E-state index < -0.39 is 0 Å². The minimum Gasteiger partial charge on any atom is -0.456 e. The molecule has 1 rings (SSSR count). The normalized spacial score (nSPS) is 16.5. The van der Waals surface area contributed by atoms with Crippen LogP contribution in [-0.4, -0.2) is 25.5 Å². The topological polar surface area (TPSA) is 55.4 Å². The van der Waals surface area contributed by atoms with Gasteiger partial charge in [-0.15, -0.1) is 0 Å². The summed E-state index contributed by atoms with van der Waals surface area (Å²) >= 11 is 0. The van der Waals surface area contributed by atoms with Crippen molar-refractivity contribution < 1.29 is 14.3 Å². The number of rotatable bonds is 6. The predicted molar refractivity (Wildman–Crippen MR) is 65.5 cm³/mol. The van der Waals surface area contributed by atoms with Crippen LogP contribution in [0.5, 0.6) is 0 Å². The van der Waals surface area contributed by atoms with Crippen molar-refractivity contribution in [2.45, 2.75) is 51.4 Å². The van der Waals surface area contributed by atoms with Crippen molar-refractivity contribution >= 4 is 11.9 Å². The summed E-state index contributed by atoms with van der Waals surface area (Å²) in [6.45, 7) is -0.154. The Labute approximate surface area is 103 Å². The van der Waals surface area contributed by atoms with E-state index >= 15 is 0 Å². The molecule has 17 heavy (non-hydrogen) atoms. The molecule has 0 radical (unpaired) electrons. The molecule has 1 saturated carbocycles. The SMILES string of the molecule is CNC(=O)COC(=O)CCCC1CCCCC1. The predicted octanol–water partition coefficient (Wildman–Crippen LogP) is 2.03. The van der Waals surface area contributed by atoms with Gasteiger partial charge in [0.1, 0.15) is 0 Å². The standard InChI is InChI=1S/C13H23NO3/c1-14-12(15)10-17-13(16)9-5-8-11-6-3-2-4-7-11/h11H,2-10H2,1H3,(H,14,15). The monoisotopic (exact) mass is 241 g/mol. The van der Waals surface area contributed by atoms with E-state index in [1.165, 1.54) is 39.2 Å². The van der Waals surface area contributed by atoms with Gasteiger partial charge in [0.25, 0.3) is 5.91 Å². The fraction of sp³-hybridized carbons (Fsp3) is 0.846. The Morgan fingerprint density at radius 2 is 1.94 bits per heavy atom. The van der Waals surface area contributed by atoms with Crippen LogP contribution in [0.3, 0.4) is 0 Å². The summed E-state index contributed by atoms with van der Waals surface area (Å²) in [5.74, 6) is 0.283. The molecular formula is C13H23NO3. The number of hydrogen-bond acceptors (Lipinski definition) is 3. The summed E-state index contributed by atoms with van der Waals surface area (Å²) in [5.41, 5.74) is 0. The van der Waals surface area contributed by atoms with E-state index in [1.54, 1.807) is 0 Å². The first-order chi connectivity index (χ1) is 8.22. The van der Waals surface area contributed by atoms with Gasteiger partial charge in [-0.3, -0.25) is 9.59 Å². The zero-order valence-electron chi connectivity index (χ0n) is 10.7. The number of ether oxygens (including phenoxy) is 1. The van der Waals surface area contributed by atoms with E-state index in [4.69, 9.17) is 4.74 Å². The van der Waals surface area contributed by atoms with E-state index in [0.717, 1.165) is 18.8 Å². The highest BCUT2D eigenvalue weighted by Gasteiger charge is 2.14. The maximum Gasteiger partial charge on any atom is 0.306 e. The first-order valence-corrected chi connectivity index (χ1v) is 6.58. The fourth-order valence-corrected chi connectivity index (χ4v) is 2.30. The molecule has 1 aliphatic rings. The summed E-state index contributed by atoms with van der Waals surface area (Å²) in [4.78, 5) is 22.2. The van der Waals surface area contributed by atoms with E-state index in [9.17, 15) is 9.59 Å². The van der Waals surface area contributed by atoms with Gasteiger partial charge in [-0.1, -0.05) is 32.1 Å². The molecule has 0 atom stereocenters. The number of amides is 1. The van der Waals surface area contributed by atoms with Crippen LogP contribution in [-0.2, 0) is 14.3 Å². The van der Waals surface area contributed by atoms with E-state index in [1.807, 2.05) is 0 Å². The highest BCUT2D eigenvalue weighted by atomic mass is 16.5. The highest BCUT2D eigenvalue weighted by molar-refractivity contribution is 5.80. The third kappa shape index (κ3) is 6.29. The summed E-state index contributed by atoms with van der Waals surface area (Å²) in [5, 5.41) is 2.41. The summed E-state index contributed by atoms with van der Waals surface area (Å²) in [6.07, 6.45) is 9.11. The number of esters is 1. The third-order valence-electron chi connectivity index (χ3n) is 3.36. The van der Waals surface area contributed by atoms with Gasteiger partial charge in [-0.2, -0.15) is 0 Å². The molecule has 0 saturated heterocycles. The Kier molecular flexibility index (Phi) is 6.67. The van der Waals surface area contributed by atoms with Crippen molar-refractivity contribution in [1.29, 1.82) is 0 Å². The number of carbonyl (C=O) groups is 2. The molecule has 1 fully saturated rings. The Morgan fingerprint density at radius 3 is 2.59 bits per heavy atom.